The second-order valence-electron chi connectivity index (χ2n) is 15.7. The average Bonchev–Trinajstić information content (AvgIpc) is 3.01. The van der Waals surface area contributed by atoms with Crippen molar-refractivity contribution in [3.05, 3.63) is 0 Å². The van der Waals surface area contributed by atoms with E-state index in [0.29, 0.717) is 13.1 Å². The van der Waals surface area contributed by atoms with Gasteiger partial charge in [-0.3, -0.25) is 4.90 Å². The van der Waals surface area contributed by atoms with Crippen LogP contribution in [0, 0.1) is 0 Å². The van der Waals surface area contributed by atoms with Crippen LogP contribution in [0.5, 0.6) is 0 Å². The van der Waals surface area contributed by atoms with E-state index in [2.05, 4.69) is 37.6 Å². The van der Waals surface area contributed by atoms with Crippen LogP contribution in [0.25, 0.3) is 0 Å². The first-order chi connectivity index (χ1) is 22.9. The second-order valence-corrected chi connectivity index (χ2v) is 18.8. The lowest BCUT2D eigenvalue weighted by Gasteiger charge is -2.32. The first-order valence-corrected chi connectivity index (χ1v) is 22.9. The summed E-state index contributed by atoms with van der Waals surface area (Å²) in [4.78, 5) is 4.35. The Morgan fingerprint density at radius 3 is 1.35 bits per heavy atom. The fraction of sp³-hybridized carbons (Fsp3) is 1.00. The van der Waals surface area contributed by atoms with Gasteiger partial charge in [0.25, 0.3) is 0 Å². The van der Waals surface area contributed by atoms with Crippen molar-refractivity contribution in [2.75, 3.05) is 73.3 Å². The third-order valence-electron chi connectivity index (χ3n) is 9.67. The Labute approximate surface area is 311 Å². The zero-order valence-corrected chi connectivity index (χ0v) is 35.2. The zero-order valence-electron chi connectivity index (χ0n) is 32.9. The molecule has 0 aliphatic heterocycles. The minimum Gasteiger partial charge on any atom is -0.328 e. The Morgan fingerprint density at radius 2 is 0.958 bits per heavy atom. The van der Waals surface area contributed by atoms with E-state index in [1.54, 1.807) is 0 Å². The summed E-state index contributed by atoms with van der Waals surface area (Å²) in [6.07, 6.45) is 30.9. The molecule has 6 nitrogen and oxygen atoms in total. The van der Waals surface area contributed by atoms with E-state index in [1.165, 1.54) is 128 Å². The van der Waals surface area contributed by atoms with Gasteiger partial charge in [0, 0.05) is 43.2 Å². The van der Waals surface area contributed by atoms with Crippen LogP contribution in [0.15, 0.2) is 0 Å². The van der Waals surface area contributed by atoms with Crippen molar-refractivity contribution in [3.63, 3.8) is 0 Å². The number of unbranched alkanes of at least 4 members (excludes halogenated alkanes) is 18. The first kappa shape index (κ1) is 48.4. The molecular weight excluding hydrogens is 659 g/mol. The second kappa shape index (κ2) is 32.1. The molecule has 2 atom stereocenters. The Hall–Kier alpha value is 0.370. The summed E-state index contributed by atoms with van der Waals surface area (Å²) in [6.45, 7) is 9.57. The summed E-state index contributed by atoms with van der Waals surface area (Å²) in [5.74, 6) is 0.175. The van der Waals surface area contributed by atoms with Gasteiger partial charge >= 0.3 is 0 Å². The van der Waals surface area contributed by atoms with E-state index in [1.807, 2.05) is 19.0 Å². The van der Waals surface area contributed by atoms with Crippen molar-refractivity contribution in [3.8, 4) is 0 Å². The maximum absolute atomic E-state index is 12.3. The van der Waals surface area contributed by atoms with Crippen LogP contribution >= 0.6 is 23.2 Å². The molecule has 0 fully saturated rings. The smallest absolute Gasteiger partial charge is 0.212 e. The Balaban J connectivity index is 4.62. The van der Waals surface area contributed by atoms with Gasteiger partial charge in [-0.05, 0) is 26.9 Å². The normalized spacial score (nSPS) is 14.0. The summed E-state index contributed by atoms with van der Waals surface area (Å²) in [6, 6.07) is 0. The highest BCUT2D eigenvalue weighted by atomic mass is 35.5. The van der Waals surface area contributed by atoms with Gasteiger partial charge in [0.2, 0.25) is 10.0 Å². The van der Waals surface area contributed by atoms with E-state index < -0.39 is 10.0 Å². The van der Waals surface area contributed by atoms with E-state index in [0.717, 1.165) is 56.5 Å². The van der Waals surface area contributed by atoms with Gasteiger partial charge in [0.05, 0.1) is 39.6 Å². The molecule has 1 N–H and O–H groups in total. The van der Waals surface area contributed by atoms with Gasteiger partial charge in [-0.15, -0.1) is 23.2 Å². The van der Waals surface area contributed by atoms with E-state index >= 15 is 0 Å². The number of halogens is 2. The predicted octanol–water partition coefficient (Wildman–Crippen LogP) is 10.4. The van der Waals surface area contributed by atoms with Crippen LogP contribution in [-0.4, -0.2) is 107 Å². The van der Waals surface area contributed by atoms with Crippen molar-refractivity contribution < 1.29 is 12.9 Å². The molecule has 0 spiro atoms. The number of nitrogens with one attached hydrogen (secondary N) is 1. The molecule has 0 aromatic carbocycles. The molecule has 0 saturated heterocycles. The van der Waals surface area contributed by atoms with Crippen LogP contribution in [0.3, 0.4) is 0 Å². The lowest BCUT2D eigenvalue weighted by atomic mass is 10.0. The third kappa shape index (κ3) is 33.5. The lowest BCUT2D eigenvalue weighted by Crippen LogP contribution is -2.44. The highest BCUT2D eigenvalue weighted by Crippen LogP contribution is 2.18. The zero-order chi connectivity index (χ0) is 35.9. The first-order valence-electron chi connectivity index (χ1n) is 20.3. The molecule has 0 rings (SSSR count). The number of hydrogen-bond donors (Lipinski definition) is 1. The fourth-order valence-electron chi connectivity index (χ4n) is 6.52. The molecule has 0 aromatic rings. The standard InChI is InChI=1S/C39H83Cl2N4O2S/c1-7-9-11-13-15-17-19-21-23-25-29-38(40)35-44(36-39(41)30-26-24-22-20-18-16-14-12-10-8-2)31-27-32-45(5,6)33-28-34-48(46,47)42-37-43(3)4/h38-39,42H,7-37H2,1-6H3/q+1. The van der Waals surface area contributed by atoms with Gasteiger partial charge in [-0.1, -0.05) is 142 Å². The van der Waals surface area contributed by atoms with Crippen LogP contribution in [0.4, 0.5) is 0 Å². The molecule has 0 saturated carbocycles. The molecule has 2 unspecified atom stereocenters. The van der Waals surface area contributed by atoms with Gasteiger partial charge in [-0.25, -0.2) is 13.1 Å². The van der Waals surface area contributed by atoms with Gasteiger partial charge in [0.15, 0.2) is 0 Å². The quantitative estimate of drug-likeness (QED) is 0.0298. The number of alkyl halides is 2. The number of nitrogens with zero attached hydrogens (tertiary/aromatic N) is 3. The van der Waals surface area contributed by atoms with Crippen LogP contribution in [0.2, 0.25) is 0 Å². The topological polar surface area (TPSA) is 52.7 Å². The average molecular weight is 743 g/mol. The lowest BCUT2D eigenvalue weighted by molar-refractivity contribution is -0.890. The van der Waals surface area contributed by atoms with Gasteiger partial charge in [-0.2, -0.15) is 0 Å². The molecule has 48 heavy (non-hydrogen) atoms. The summed E-state index contributed by atoms with van der Waals surface area (Å²) >= 11 is 13.9. The summed E-state index contributed by atoms with van der Waals surface area (Å²) < 4.78 is 28.1. The predicted molar refractivity (Wildman–Crippen MR) is 215 cm³/mol. The monoisotopic (exact) mass is 742 g/mol. The summed E-state index contributed by atoms with van der Waals surface area (Å²) in [5, 5.41) is 0.338. The van der Waals surface area contributed by atoms with Crippen LogP contribution in [0.1, 0.15) is 168 Å². The number of quaternary nitrogens is 1. The van der Waals surface area contributed by atoms with Crippen molar-refractivity contribution in [1.29, 1.82) is 0 Å². The summed E-state index contributed by atoms with van der Waals surface area (Å²) in [7, 11) is 4.92. The highest BCUT2D eigenvalue weighted by molar-refractivity contribution is 7.89. The van der Waals surface area contributed by atoms with E-state index in [9.17, 15) is 8.42 Å². The van der Waals surface area contributed by atoms with E-state index in [4.69, 9.17) is 23.2 Å². The van der Waals surface area contributed by atoms with Gasteiger partial charge in [0.1, 0.15) is 0 Å². The van der Waals surface area contributed by atoms with Crippen molar-refractivity contribution in [2.45, 2.75) is 179 Å². The molecule has 0 aliphatic carbocycles. The number of rotatable bonds is 37. The van der Waals surface area contributed by atoms with E-state index in [-0.39, 0.29) is 16.5 Å². The molecule has 0 heterocycles. The summed E-state index contributed by atoms with van der Waals surface area (Å²) in [5.41, 5.74) is 0. The van der Waals surface area contributed by atoms with Crippen molar-refractivity contribution in [2.24, 2.45) is 0 Å². The number of hydrogen-bond acceptors (Lipinski definition) is 4. The molecule has 0 aliphatic rings. The van der Waals surface area contributed by atoms with Crippen molar-refractivity contribution >= 4 is 33.2 Å². The Morgan fingerprint density at radius 1 is 0.583 bits per heavy atom. The maximum atomic E-state index is 12.3. The Kier molecular flexibility index (Phi) is 32.3. The third-order valence-corrected chi connectivity index (χ3v) is 11.8. The Bertz CT molecular complexity index is 769. The molecule has 0 bridgehead atoms. The van der Waals surface area contributed by atoms with Crippen LogP contribution in [-0.2, 0) is 10.0 Å². The molecular formula is C39H83Cl2N4O2S+. The molecule has 0 amide bonds. The maximum Gasteiger partial charge on any atom is 0.212 e. The fourth-order valence-corrected chi connectivity index (χ4v) is 8.33. The number of sulfonamides is 1. The highest BCUT2D eigenvalue weighted by Gasteiger charge is 2.20. The van der Waals surface area contributed by atoms with Gasteiger partial charge < -0.3 is 9.38 Å². The minimum atomic E-state index is -3.24. The largest absolute Gasteiger partial charge is 0.328 e. The molecule has 9 heteroatoms. The SMILES string of the molecule is CCCCCCCCCCCCC(Cl)CN(CCC[N+](C)(C)CCCS(=O)(=O)NCN(C)C)CC(Cl)CCCCCCCCCCCC. The molecule has 0 aromatic heterocycles. The minimum absolute atomic E-state index is 0.169. The molecule has 0 radical (unpaired) electrons. The van der Waals surface area contributed by atoms with Crippen molar-refractivity contribution in [1.82, 2.24) is 14.5 Å². The van der Waals surface area contributed by atoms with Crippen LogP contribution < -0.4 is 4.72 Å². The molecule has 290 valence electrons.